The minimum atomic E-state index is -0.0596. The van der Waals surface area contributed by atoms with Crippen LogP contribution in [0.15, 0.2) is 0 Å². The van der Waals surface area contributed by atoms with Gasteiger partial charge < -0.3 is 14.8 Å². The van der Waals surface area contributed by atoms with E-state index in [1.807, 2.05) is 0 Å². The van der Waals surface area contributed by atoms with E-state index in [2.05, 4.69) is 26.1 Å². The highest BCUT2D eigenvalue weighted by molar-refractivity contribution is 4.89. The predicted octanol–water partition coefficient (Wildman–Crippen LogP) is 1.71. The van der Waals surface area contributed by atoms with E-state index >= 15 is 0 Å². The van der Waals surface area contributed by atoms with E-state index in [1.54, 1.807) is 0 Å². The van der Waals surface area contributed by atoms with Crippen molar-refractivity contribution in [1.82, 2.24) is 5.32 Å². The second kappa shape index (κ2) is 4.40. The van der Waals surface area contributed by atoms with Crippen LogP contribution in [0.2, 0.25) is 0 Å². The van der Waals surface area contributed by atoms with Gasteiger partial charge in [-0.2, -0.15) is 0 Å². The molecule has 0 unspecified atom stereocenters. The Labute approximate surface area is 92.5 Å². The van der Waals surface area contributed by atoms with E-state index in [9.17, 15) is 0 Å². The molecule has 2 aliphatic rings. The second-order valence-corrected chi connectivity index (χ2v) is 5.67. The van der Waals surface area contributed by atoms with Gasteiger partial charge in [-0.05, 0) is 40.0 Å². The fraction of sp³-hybridized carbons (Fsp3) is 1.00. The highest BCUT2D eigenvalue weighted by Crippen LogP contribution is 2.26. The van der Waals surface area contributed by atoms with Crippen LogP contribution in [0.3, 0.4) is 0 Å². The largest absolute Gasteiger partial charge is 0.373 e. The smallest absolute Gasteiger partial charge is 0.0937 e. The summed E-state index contributed by atoms with van der Waals surface area (Å²) in [6.07, 6.45) is 4.46. The van der Waals surface area contributed by atoms with Crippen molar-refractivity contribution >= 4 is 0 Å². The molecule has 0 aromatic heterocycles. The maximum atomic E-state index is 6.02. The van der Waals surface area contributed by atoms with Gasteiger partial charge in [-0.3, -0.25) is 0 Å². The van der Waals surface area contributed by atoms with Crippen LogP contribution in [0.5, 0.6) is 0 Å². The molecular weight excluding hydrogens is 190 g/mol. The maximum Gasteiger partial charge on any atom is 0.0937 e. The SMILES string of the molecule is CC(C)(C)OC[C@H]1CN[C@H]2CCC[C@H]2O1. The molecule has 15 heavy (non-hydrogen) atoms. The molecule has 2 rings (SSSR count). The molecule has 3 heteroatoms. The predicted molar refractivity (Wildman–Crippen MR) is 60.0 cm³/mol. The number of rotatable bonds is 2. The first-order valence-corrected chi connectivity index (χ1v) is 6.07. The molecule has 1 N–H and O–H groups in total. The lowest BCUT2D eigenvalue weighted by Crippen LogP contribution is -2.51. The van der Waals surface area contributed by atoms with E-state index < -0.39 is 0 Å². The zero-order valence-corrected chi connectivity index (χ0v) is 10.1. The summed E-state index contributed by atoms with van der Waals surface area (Å²) >= 11 is 0. The lowest BCUT2D eigenvalue weighted by atomic mass is 10.1. The van der Waals surface area contributed by atoms with Gasteiger partial charge in [0, 0.05) is 12.6 Å². The summed E-state index contributed by atoms with van der Waals surface area (Å²) in [5.74, 6) is 0. The van der Waals surface area contributed by atoms with Crippen molar-refractivity contribution in [1.29, 1.82) is 0 Å². The van der Waals surface area contributed by atoms with E-state index in [0.29, 0.717) is 18.8 Å². The lowest BCUT2D eigenvalue weighted by Gasteiger charge is -2.34. The molecule has 1 heterocycles. The van der Waals surface area contributed by atoms with Crippen molar-refractivity contribution in [3.05, 3.63) is 0 Å². The van der Waals surface area contributed by atoms with Crippen LogP contribution in [-0.2, 0) is 9.47 Å². The van der Waals surface area contributed by atoms with Crippen molar-refractivity contribution in [3.8, 4) is 0 Å². The third kappa shape index (κ3) is 3.16. The molecule has 0 aromatic rings. The molecule has 3 atom stereocenters. The molecule has 0 bridgehead atoms. The Morgan fingerprint density at radius 1 is 1.33 bits per heavy atom. The van der Waals surface area contributed by atoms with E-state index in [-0.39, 0.29) is 11.7 Å². The standard InChI is InChI=1S/C12H23NO2/c1-12(2,3)14-8-9-7-13-10-5-4-6-11(10)15-9/h9-11,13H,4-8H2,1-3H3/t9-,10+,11-/m1/s1. The quantitative estimate of drug-likeness (QED) is 0.757. The Kier molecular flexibility index (Phi) is 3.33. The molecule has 88 valence electrons. The first-order valence-electron chi connectivity index (χ1n) is 6.07. The molecule has 0 amide bonds. The van der Waals surface area contributed by atoms with Gasteiger partial charge in [0.2, 0.25) is 0 Å². The van der Waals surface area contributed by atoms with Gasteiger partial charge in [0.15, 0.2) is 0 Å². The molecule has 0 spiro atoms. The third-order valence-corrected chi connectivity index (χ3v) is 3.13. The molecule has 2 fully saturated rings. The van der Waals surface area contributed by atoms with Crippen LogP contribution in [0.1, 0.15) is 40.0 Å². The van der Waals surface area contributed by atoms with Crippen LogP contribution in [0.25, 0.3) is 0 Å². The minimum absolute atomic E-state index is 0.0596. The molecule has 1 aliphatic heterocycles. The van der Waals surface area contributed by atoms with E-state index in [4.69, 9.17) is 9.47 Å². The fourth-order valence-electron chi connectivity index (χ4n) is 2.34. The van der Waals surface area contributed by atoms with Gasteiger partial charge in [0.1, 0.15) is 0 Å². The monoisotopic (exact) mass is 213 g/mol. The molecule has 0 radical (unpaired) electrons. The Balaban J connectivity index is 1.75. The summed E-state index contributed by atoms with van der Waals surface area (Å²) in [6.45, 7) is 7.90. The number of ether oxygens (including phenoxy) is 2. The van der Waals surface area contributed by atoms with Gasteiger partial charge in [0.05, 0.1) is 24.4 Å². The summed E-state index contributed by atoms with van der Waals surface area (Å²) in [7, 11) is 0. The molecule has 1 saturated heterocycles. The average Bonchev–Trinajstić information content (AvgIpc) is 2.60. The number of hydrogen-bond acceptors (Lipinski definition) is 3. The first kappa shape index (κ1) is 11.4. The van der Waals surface area contributed by atoms with Crippen LogP contribution in [0.4, 0.5) is 0 Å². The molecular formula is C12H23NO2. The normalized spacial score (nSPS) is 36.6. The fourth-order valence-corrected chi connectivity index (χ4v) is 2.34. The van der Waals surface area contributed by atoms with E-state index in [1.165, 1.54) is 19.3 Å². The van der Waals surface area contributed by atoms with Crippen LogP contribution >= 0.6 is 0 Å². The summed E-state index contributed by atoms with van der Waals surface area (Å²) in [4.78, 5) is 0. The average molecular weight is 213 g/mol. The molecule has 0 aromatic carbocycles. The van der Waals surface area contributed by atoms with Crippen molar-refractivity contribution in [2.45, 2.75) is 63.9 Å². The number of hydrogen-bond donors (Lipinski definition) is 1. The Bertz CT molecular complexity index is 212. The number of nitrogens with one attached hydrogen (secondary N) is 1. The first-order chi connectivity index (χ1) is 7.04. The summed E-state index contributed by atoms with van der Waals surface area (Å²) in [5, 5.41) is 3.56. The zero-order valence-electron chi connectivity index (χ0n) is 10.1. The highest BCUT2D eigenvalue weighted by Gasteiger charge is 2.34. The molecule has 3 nitrogen and oxygen atoms in total. The van der Waals surface area contributed by atoms with Crippen LogP contribution in [0, 0.1) is 0 Å². The van der Waals surface area contributed by atoms with Gasteiger partial charge in [0.25, 0.3) is 0 Å². The van der Waals surface area contributed by atoms with Crippen LogP contribution in [-0.4, -0.2) is 37.0 Å². The summed E-state index contributed by atoms with van der Waals surface area (Å²) in [6, 6.07) is 0.607. The zero-order chi connectivity index (χ0) is 10.9. The lowest BCUT2D eigenvalue weighted by molar-refractivity contribution is -0.114. The van der Waals surface area contributed by atoms with Crippen molar-refractivity contribution in [2.24, 2.45) is 0 Å². The third-order valence-electron chi connectivity index (χ3n) is 3.13. The molecule has 1 saturated carbocycles. The number of fused-ring (bicyclic) bond motifs is 1. The van der Waals surface area contributed by atoms with Gasteiger partial charge in [-0.1, -0.05) is 0 Å². The summed E-state index contributed by atoms with van der Waals surface area (Å²) < 4.78 is 11.8. The Morgan fingerprint density at radius 3 is 2.87 bits per heavy atom. The van der Waals surface area contributed by atoms with Crippen molar-refractivity contribution in [3.63, 3.8) is 0 Å². The Hall–Kier alpha value is -0.120. The van der Waals surface area contributed by atoms with E-state index in [0.717, 1.165) is 6.54 Å². The second-order valence-electron chi connectivity index (χ2n) is 5.67. The Morgan fingerprint density at radius 2 is 2.13 bits per heavy atom. The van der Waals surface area contributed by atoms with Crippen molar-refractivity contribution in [2.75, 3.05) is 13.2 Å². The van der Waals surface area contributed by atoms with Gasteiger partial charge in [-0.25, -0.2) is 0 Å². The number of morpholine rings is 1. The summed E-state index contributed by atoms with van der Waals surface area (Å²) in [5.41, 5.74) is -0.0596. The van der Waals surface area contributed by atoms with Crippen LogP contribution < -0.4 is 5.32 Å². The topological polar surface area (TPSA) is 30.5 Å². The van der Waals surface area contributed by atoms with Gasteiger partial charge in [-0.15, -0.1) is 0 Å². The minimum Gasteiger partial charge on any atom is -0.373 e. The highest BCUT2D eigenvalue weighted by atomic mass is 16.6. The van der Waals surface area contributed by atoms with Gasteiger partial charge >= 0.3 is 0 Å². The molecule has 1 aliphatic carbocycles. The maximum absolute atomic E-state index is 6.02. The van der Waals surface area contributed by atoms with Crippen molar-refractivity contribution < 1.29 is 9.47 Å².